The second-order valence-corrected chi connectivity index (χ2v) is 21.6. The third-order valence-electron chi connectivity index (χ3n) is 13.4. The van der Waals surface area contributed by atoms with Gasteiger partial charge >= 0.3 is 11.9 Å². The molecule has 416 valence electrons. The van der Waals surface area contributed by atoms with Crippen LogP contribution in [0.5, 0.6) is 0 Å². The highest BCUT2D eigenvalue weighted by molar-refractivity contribution is 5.70. The lowest BCUT2D eigenvalue weighted by molar-refractivity contribution is -0.870. The number of carboxylic acid groups (broad SMARTS) is 1. The van der Waals surface area contributed by atoms with Crippen LogP contribution in [0.25, 0.3) is 0 Å². The molecule has 0 aromatic heterocycles. The van der Waals surface area contributed by atoms with Gasteiger partial charge in [-0.1, -0.05) is 243 Å². The molecule has 0 N–H and O–H groups in total. The number of hydrogen-bond donors (Lipinski definition) is 0. The number of esters is 2. The van der Waals surface area contributed by atoms with E-state index in [-0.39, 0.29) is 38.6 Å². The Hall–Kier alpha value is -2.49. The molecule has 0 aromatic rings. The van der Waals surface area contributed by atoms with E-state index >= 15 is 0 Å². The first kappa shape index (κ1) is 68.5. The molecule has 0 saturated carbocycles. The fraction of sp³-hybridized carbons (Fsp3) is 0.855. The van der Waals surface area contributed by atoms with Crippen molar-refractivity contribution in [3.8, 4) is 0 Å². The largest absolute Gasteiger partial charge is 0.545 e. The number of rotatable bonds is 56. The Labute approximate surface area is 439 Å². The standard InChI is InChI=1S/C62H115NO8/c1-6-8-10-12-14-16-18-19-20-21-22-23-24-25-26-27-28-29-30-31-32-33-34-35-36-37-38-39-40-41-43-45-47-49-51-53-60(65)71-58(57-70-62(61(66)67)68-55-54-63(3,4)5)56-69-59(64)52-50-48-46-44-42-17-15-13-11-9-7-2/h13,15,18-19,21-22,58,62H,6-12,14,16-17,20,23-57H2,1-5H3/b15-13-,19-18-,22-21-. The molecular formula is C62H115NO8. The zero-order valence-electron chi connectivity index (χ0n) is 47.4. The molecule has 9 heteroatoms. The molecule has 0 bridgehead atoms. The van der Waals surface area contributed by atoms with Crippen LogP contribution in [0.1, 0.15) is 284 Å². The van der Waals surface area contributed by atoms with Crippen molar-refractivity contribution in [2.45, 2.75) is 296 Å². The van der Waals surface area contributed by atoms with Crippen molar-refractivity contribution >= 4 is 17.9 Å². The molecule has 9 nitrogen and oxygen atoms in total. The van der Waals surface area contributed by atoms with Crippen LogP contribution in [0.2, 0.25) is 0 Å². The van der Waals surface area contributed by atoms with E-state index in [0.717, 1.165) is 64.2 Å². The van der Waals surface area contributed by atoms with Gasteiger partial charge in [0.15, 0.2) is 12.4 Å². The minimum atomic E-state index is -1.62. The molecule has 0 rings (SSSR count). The van der Waals surface area contributed by atoms with Gasteiger partial charge in [0.1, 0.15) is 13.2 Å². The van der Waals surface area contributed by atoms with Crippen molar-refractivity contribution in [1.82, 2.24) is 0 Å². The van der Waals surface area contributed by atoms with Crippen molar-refractivity contribution in [3.05, 3.63) is 36.5 Å². The number of allylic oxidation sites excluding steroid dienone is 6. The summed E-state index contributed by atoms with van der Waals surface area (Å²) in [5, 5.41) is 11.7. The monoisotopic (exact) mass is 1000 g/mol. The third-order valence-corrected chi connectivity index (χ3v) is 13.4. The summed E-state index contributed by atoms with van der Waals surface area (Å²) in [6, 6.07) is 0. The summed E-state index contributed by atoms with van der Waals surface area (Å²) in [6.45, 7) is 4.71. The quantitative estimate of drug-likeness (QED) is 0.0195. The van der Waals surface area contributed by atoms with Crippen LogP contribution in [-0.4, -0.2) is 82.3 Å². The molecule has 0 aliphatic carbocycles. The van der Waals surface area contributed by atoms with Gasteiger partial charge in [0.05, 0.1) is 40.3 Å². The lowest BCUT2D eigenvalue weighted by atomic mass is 10.0. The van der Waals surface area contributed by atoms with Crippen LogP contribution in [0, 0.1) is 0 Å². The number of hydrogen-bond acceptors (Lipinski definition) is 8. The Bertz CT molecular complexity index is 1260. The van der Waals surface area contributed by atoms with Gasteiger partial charge in [-0.05, 0) is 64.2 Å². The SMILES string of the molecule is CCCC/C=C\CCCCCCCC(=O)OCC(COC(OCC[N+](C)(C)C)C(=O)[O-])OC(=O)CCCCCCCCCCCCCCCCCCCCCCCCC/C=C\C/C=C\CCCCCCC. The maximum atomic E-state index is 12.8. The third kappa shape index (κ3) is 55.1. The van der Waals surface area contributed by atoms with Gasteiger partial charge in [0, 0.05) is 12.8 Å². The summed E-state index contributed by atoms with van der Waals surface area (Å²) in [6.07, 6.45) is 62.3. The Kier molecular flexibility index (Phi) is 51.9. The molecule has 2 unspecified atom stereocenters. The van der Waals surface area contributed by atoms with Gasteiger partial charge < -0.3 is 33.3 Å². The zero-order chi connectivity index (χ0) is 52.0. The van der Waals surface area contributed by atoms with Crippen LogP contribution < -0.4 is 5.11 Å². The predicted molar refractivity (Wildman–Crippen MR) is 297 cm³/mol. The van der Waals surface area contributed by atoms with E-state index in [9.17, 15) is 19.5 Å². The fourth-order valence-corrected chi connectivity index (χ4v) is 8.67. The van der Waals surface area contributed by atoms with Gasteiger partial charge in [0.2, 0.25) is 0 Å². The Morgan fingerprint density at radius 3 is 1.17 bits per heavy atom. The van der Waals surface area contributed by atoms with Gasteiger partial charge in [-0.25, -0.2) is 0 Å². The molecule has 0 spiro atoms. The van der Waals surface area contributed by atoms with E-state index in [0.29, 0.717) is 17.4 Å². The molecule has 0 aromatic carbocycles. The van der Waals surface area contributed by atoms with Crippen LogP contribution in [0.3, 0.4) is 0 Å². The fourth-order valence-electron chi connectivity index (χ4n) is 8.67. The highest BCUT2D eigenvalue weighted by Crippen LogP contribution is 2.17. The number of carbonyl (C=O) groups excluding carboxylic acids is 3. The summed E-state index contributed by atoms with van der Waals surface area (Å²) in [5.41, 5.74) is 0. The Morgan fingerprint density at radius 2 is 0.775 bits per heavy atom. The lowest BCUT2D eigenvalue weighted by Gasteiger charge is -2.26. The maximum absolute atomic E-state index is 12.8. The zero-order valence-corrected chi connectivity index (χ0v) is 47.4. The number of aliphatic carboxylic acids is 1. The second-order valence-electron chi connectivity index (χ2n) is 21.6. The van der Waals surface area contributed by atoms with Crippen LogP contribution in [0.15, 0.2) is 36.5 Å². The number of nitrogens with zero attached hydrogens (tertiary/aromatic N) is 1. The molecule has 0 amide bonds. The van der Waals surface area contributed by atoms with Gasteiger partial charge in [-0.3, -0.25) is 9.59 Å². The Balaban J connectivity index is 3.97. The summed E-state index contributed by atoms with van der Waals surface area (Å²) >= 11 is 0. The van der Waals surface area contributed by atoms with E-state index in [1.54, 1.807) is 0 Å². The van der Waals surface area contributed by atoms with Crippen molar-refractivity contribution < 1.29 is 42.9 Å². The topological polar surface area (TPSA) is 111 Å². The lowest BCUT2D eigenvalue weighted by Crippen LogP contribution is -2.44. The van der Waals surface area contributed by atoms with Gasteiger partial charge in [-0.15, -0.1) is 0 Å². The van der Waals surface area contributed by atoms with E-state index in [2.05, 4.69) is 50.3 Å². The number of quaternary nitrogens is 1. The molecule has 0 radical (unpaired) electrons. The molecule has 0 saturated heterocycles. The average molecular weight is 1000 g/mol. The summed E-state index contributed by atoms with van der Waals surface area (Å²) in [5.74, 6) is -2.28. The van der Waals surface area contributed by atoms with Crippen molar-refractivity contribution in [2.24, 2.45) is 0 Å². The number of ether oxygens (including phenoxy) is 4. The molecular weight excluding hydrogens is 887 g/mol. The first-order chi connectivity index (χ1) is 34.6. The number of carboxylic acids is 1. The molecule has 0 aliphatic heterocycles. The van der Waals surface area contributed by atoms with E-state index < -0.39 is 24.3 Å². The first-order valence-corrected chi connectivity index (χ1v) is 30.1. The smallest absolute Gasteiger partial charge is 0.306 e. The molecule has 71 heavy (non-hydrogen) atoms. The number of unbranched alkanes of at least 4 members (excludes halogenated alkanes) is 35. The van der Waals surface area contributed by atoms with E-state index in [1.165, 1.54) is 186 Å². The van der Waals surface area contributed by atoms with Crippen LogP contribution >= 0.6 is 0 Å². The minimum Gasteiger partial charge on any atom is -0.545 e. The van der Waals surface area contributed by atoms with Crippen LogP contribution in [-0.2, 0) is 33.3 Å². The normalized spacial score (nSPS) is 13.0. The molecule has 0 fully saturated rings. The maximum Gasteiger partial charge on any atom is 0.306 e. The van der Waals surface area contributed by atoms with Gasteiger partial charge in [0.25, 0.3) is 0 Å². The Morgan fingerprint density at radius 1 is 0.423 bits per heavy atom. The second kappa shape index (κ2) is 53.8. The minimum absolute atomic E-state index is 0.148. The average Bonchev–Trinajstić information content (AvgIpc) is 3.34. The highest BCUT2D eigenvalue weighted by Gasteiger charge is 2.22. The van der Waals surface area contributed by atoms with Crippen LogP contribution in [0.4, 0.5) is 0 Å². The van der Waals surface area contributed by atoms with E-state index in [4.69, 9.17) is 18.9 Å². The summed E-state index contributed by atoms with van der Waals surface area (Å²) in [4.78, 5) is 37.1. The van der Waals surface area contributed by atoms with Crippen molar-refractivity contribution in [2.75, 3.05) is 47.5 Å². The number of carbonyl (C=O) groups is 3. The summed E-state index contributed by atoms with van der Waals surface area (Å²) in [7, 11) is 5.92. The molecule has 2 atom stereocenters. The van der Waals surface area contributed by atoms with Crippen molar-refractivity contribution in [3.63, 3.8) is 0 Å². The number of likely N-dealkylation sites (N-methyl/N-ethyl adjacent to an activating group) is 1. The molecule has 0 aliphatic rings. The summed E-state index contributed by atoms with van der Waals surface area (Å²) < 4.78 is 22.6. The van der Waals surface area contributed by atoms with Gasteiger partial charge in [-0.2, -0.15) is 0 Å². The predicted octanol–water partition coefficient (Wildman–Crippen LogP) is 16.3. The molecule has 0 heterocycles. The first-order valence-electron chi connectivity index (χ1n) is 30.1. The highest BCUT2D eigenvalue weighted by atomic mass is 16.7. The van der Waals surface area contributed by atoms with E-state index in [1.807, 2.05) is 21.1 Å². The van der Waals surface area contributed by atoms with Crippen molar-refractivity contribution in [1.29, 1.82) is 0 Å².